The zero-order valence-electron chi connectivity index (χ0n) is 12.5. The van der Waals surface area contributed by atoms with Gasteiger partial charge in [-0.15, -0.1) is 0 Å². The highest BCUT2D eigenvalue weighted by Gasteiger charge is 2.13. The van der Waals surface area contributed by atoms with E-state index in [0.717, 1.165) is 30.5 Å². The van der Waals surface area contributed by atoms with Gasteiger partial charge in [-0.25, -0.2) is 4.39 Å². The Kier molecular flexibility index (Phi) is 6.18. The number of rotatable bonds is 6. The minimum Gasteiger partial charge on any atom is -0.310 e. The van der Waals surface area contributed by atoms with Gasteiger partial charge in [-0.3, -0.25) is 0 Å². The van der Waals surface area contributed by atoms with Crippen LogP contribution in [0.5, 0.6) is 0 Å². The maximum atomic E-state index is 13.5. The number of nitrogens with one attached hydrogen (secondary N) is 1. The van der Waals surface area contributed by atoms with Crippen LogP contribution in [0.1, 0.15) is 36.1 Å². The molecule has 0 heterocycles. The van der Waals surface area contributed by atoms with E-state index in [-0.39, 0.29) is 11.9 Å². The Bertz CT molecular complexity index is 580. The molecule has 1 unspecified atom stereocenters. The van der Waals surface area contributed by atoms with Gasteiger partial charge in [0.2, 0.25) is 0 Å². The summed E-state index contributed by atoms with van der Waals surface area (Å²) in [5, 5.41) is 3.58. The molecule has 0 amide bonds. The van der Waals surface area contributed by atoms with E-state index in [2.05, 4.69) is 59.1 Å². The van der Waals surface area contributed by atoms with Gasteiger partial charge in [-0.05, 0) is 89.9 Å². The smallest absolute Gasteiger partial charge is 0.123 e. The molecule has 1 nitrogen and oxygen atoms in total. The molecule has 2 aromatic carbocycles. The van der Waals surface area contributed by atoms with Gasteiger partial charge in [0.25, 0.3) is 0 Å². The molecule has 2 aromatic rings. The summed E-state index contributed by atoms with van der Waals surface area (Å²) >= 11 is 2.31. The Hall–Kier alpha value is -0.940. The summed E-state index contributed by atoms with van der Waals surface area (Å²) in [6.45, 7) is 5.16. The second-order valence-corrected chi connectivity index (χ2v) is 6.58. The average molecular weight is 397 g/mol. The largest absolute Gasteiger partial charge is 0.310 e. The Balaban J connectivity index is 2.23. The van der Waals surface area contributed by atoms with Crippen LogP contribution in [0, 0.1) is 16.3 Å². The molecule has 0 fully saturated rings. The van der Waals surface area contributed by atoms with E-state index < -0.39 is 0 Å². The lowest BCUT2D eigenvalue weighted by atomic mass is 9.96. The van der Waals surface area contributed by atoms with Gasteiger partial charge >= 0.3 is 0 Å². The zero-order chi connectivity index (χ0) is 15.2. The average Bonchev–Trinajstić information content (AvgIpc) is 2.48. The minimum atomic E-state index is -0.160. The molecule has 0 aliphatic rings. The van der Waals surface area contributed by atoms with Crippen molar-refractivity contribution in [3.63, 3.8) is 0 Å². The fraction of sp³-hybridized carbons (Fsp3) is 0.333. The third kappa shape index (κ3) is 4.78. The molecule has 0 aliphatic heterocycles. The molecule has 0 aromatic heterocycles. The van der Waals surface area contributed by atoms with Crippen molar-refractivity contribution in [1.29, 1.82) is 0 Å². The first-order valence-electron chi connectivity index (χ1n) is 7.34. The van der Waals surface area contributed by atoms with E-state index in [0.29, 0.717) is 0 Å². The number of hydrogen-bond acceptors (Lipinski definition) is 1. The van der Waals surface area contributed by atoms with Crippen LogP contribution in [-0.4, -0.2) is 6.54 Å². The molecule has 21 heavy (non-hydrogen) atoms. The Morgan fingerprint density at radius 2 is 1.86 bits per heavy atom. The molecule has 0 spiro atoms. The molecule has 3 heteroatoms. The third-order valence-electron chi connectivity index (χ3n) is 3.65. The number of hydrogen-bond donors (Lipinski definition) is 1. The summed E-state index contributed by atoms with van der Waals surface area (Å²) in [5.41, 5.74) is 3.47. The van der Waals surface area contributed by atoms with Crippen molar-refractivity contribution in [2.24, 2.45) is 0 Å². The standard InChI is InChI=1S/C18H21FIN/c1-3-10-21-18(14-5-8-17(20)9-6-14)12-15-11-16(19)7-4-13(15)2/h4-9,11,18,21H,3,10,12H2,1-2H3. The van der Waals surface area contributed by atoms with Crippen LogP contribution in [0.15, 0.2) is 42.5 Å². The summed E-state index contributed by atoms with van der Waals surface area (Å²) in [7, 11) is 0. The van der Waals surface area contributed by atoms with Crippen molar-refractivity contribution in [1.82, 2.24) is 5.32 Å². The quantitative estimate of drug-likeness (QED) is 0.675. The molecule has 1 N–H and O–H groups in total. The first-order chi connectivity index (χ1) is 10.1. The van der Waals surface area contributed by atoms with Crippen LogP contribution in [0.3, 0.4) is 0 Å². The van der Waals surface area contributed by atoms with Crippen molar-refractivity contribution in [2.45, 2.75) is 32.7 Å². The first kappa shape index (κ1) is 16.4. The van der Waals surface area contributed by atoms with E-state index in [1.165, 1.54) is 15.2 Å². The van der Waals surface area contributed by atoms with Gasteiger partial charge in [-0.2, -0.15) is 0 Å². The van der Waals surface area contributed by atoms with Gasteiger partial charge < -0.3 is 5.32 Å². The topological polar surface area (TPSA) is 12.0 Å². The summed E-state index contributed by atoms with van der Waals surface area (Å²) in [6, 6.07) is 13.8. The highest BCUT2D eigenvalue weighted by Crippen LogP contribution is 2.22. The van der Waals surface area contributed by atoms with E-state index in [1.807, 2.05) is 13.0 Å². The third-order valence-corrected chi connectivity index (χ3v) is 4.37. The number of aryl methyl sites for hydroxylation is 1. The maximum Gasteiger partial charge on any atom is 0.123 e. The van der Waals surface area contributed by atoms with E-state index in [1.54, 1.807) is 6.07 Å². The van der Waals surface area contributed by atoms with E-state index >= 15 is 0 Å². The monoisotopic (exact) mass is 397 g/mol. The lowest BCUT2D eigenvalue weighted by Crippen LogP contribution is -2.24. The molecular weight excluding hydrogens is 376 g/mol. The van der Waals surface area contributed by atoms with Crippen LogP contribution < -0.4 is 5.32 Å². The van der Waals surface area contributed by atoms with Gasteiger partial charge in [0.1, 0.15) is 5.82 Å². The number of benzene rings is 2. The Morgan fingerprint density at radius 3 is 2.52 bits per heavy atom. The fourth-order valence-corrected chi connectivity index (χ4v) is 2.76. The normalized spacial score (nSPS) is 12.4. The van der Waals surface area contributed by atoms with Crippen LogP contribution in [0.4, 0.5) is 4.39 Å². The van der Waals surface area contributed by atoms with Gasteiger partial charge in [0.05, 0.1) is 0 Å². The van der Waals surface area contributed by atoms with Gasteiger partial charge in [-0.1, -0.05) is 25.1 Å². The van der Waals surface area contributed by atoms with Crippen molar-refractivity contribution in [3.05, 3.63) is 68.5 Å². The van der Waals surface area contributed by atoms with E-state index in [9.17, 15) is 4.39 Å². The SMILES string of the molecule is CCCNC(Cc1cc(F)ccc1C)c1ccc(I)cc1. The Labute approximate surface area is 140 Å². The fourth-order valence-electron chi connectivity index (χ4n) is 2.40. The van der Waals surface area contributed by atoms with Crippen LogP contribution in [0.2, 0.25) is 0 Å². The minimum absolute atomic E-state index is 0.160. The number of halogens is 2. The molecular formula is C18H21FIN. The van der Waals surface area contributed by atoms with Crippen molar-refractivity contribution in [3.8, 4) is 0 Å². The molecule has 0 aliphatic carbocycles. The van der Waals surface area contributed by atoms with Crippen LogP contribution >= 0.6 is 22.6 Å². The zero-order valence-corrected chi connectivity index (χ0v) is 14.7. The van der Waals surface area contributed by atoms with E-state index in [4.69, 9.17) is 0 Å². The highest BCUT2D eigenvalue weighted by molar-refractivity contribution is 14.1. The van der Waals surface area contributed by atoms with Gasteiger partial charge in [0, 0.05) is 9.61 Å². The maximum absolute atomic E-state index is 13.5. The van der Waals surface area contributed by atoms with Crippen LogP contribution in [0.25, 0.3) is 0 Å². The summed E-state index contributed by atoms with van der Waals surface area (Å²) in [5.74, 6) is -0.160. The molecule has 112 valence electrons. The summed E-state index contributed by atoms with van der Waals surface area (Å²) in [6.07, 6.45) is 1.90. The lowest BCUT2D eigenvalue weighted by molar-refractivity contribution is 0.526. The summed E-state index contributed by atoms with van der Waals surface area (Å²) < 4.78 is 14.7. The second-order valence-electron chi connectivity index (χ2n) is 5.33. The van der Waals surface area contributed by atoms with Gasteiger partial charge in [0.15, 0.2) is 0 Å². The molecule has 0 bridgehead atoms. The molecule has 0 saturated carbocycles. The Morgan fingerprint density at radius 1 is 1.14 bits per heavy atom. The van der Waals surface area contributed by atoms with Crippen molar-refractivity contribution in [2.75, 3.05) is 6.54 Å². The predicted molar refractivity (Wildman–Crippen MR) is 95.0 cm³/mol. The molecule has 0 radical (unpaired) electrons. The molecule has 1 atom stereocenters. The predicted octanol–water partition coefficient (Wildman–Crippen LogP) is 5.02. The summed E-state index contributed by atoms with van der Waals surface area (Å²) in [4.78, 5) is 0. The highest BCUT2D eigenvalue weighted by atomic mass is 127. The van der Waals surface area contributed by atoms with Crippen molar-refractivity contribution >= 4 is 22.6 Å². The molecule has 0 saturated heterocycles. The van der Waals surface area contributed by atoms with Crippen LogP contribution in [-0.2, 0) is 6.42 Å². The van der Waals surface area contributed by atoms with Crippen molar-refractivity contribution < 1.29 is 4.39 Å². The second kappa shape index (κ2) is 7.90. The lowest BCUT2D eigenvalue weighted by Gasteiger charge is -2.20. The first-order valence-corrected chi connectivity index (χ1v) is 8.42. The molecule has 2 rings (SSSR count).